The summed E-state index contributed by atoms with van der Waals surface area (Å²) in [4.78, 5) is 0.437. The van der Waals surface area contributed by atoms with Crippen LogP contribution in [0.25, 0.3) is 0 Å². The molecular formula is C12H17NO2S. The summed E-state index contributed by atoms with van der Waals surface area (Å²) >= 11 is 0. The van der Waals surface area contributed by atoms with Crippen molar-refractivity contribution in [3.63, 3.8) is 0 Å². The van der Waals surface area contributed by atoms with Crippen molar-refractivity contribution >= 4 is 9.84 Å². The van der Waals surface area contributed by atoms with Crippen molar-refractivity contribution in [2.45, 2.75) is 30.7 Å². The highest BCUT2D eigenvalue weighted by Crippen LogP contribution is 2.16. The van der Waals surface area contributed by atoms with Gasteiger partial charge in [-0.15, -0.1) is 0 Å². The Morgan fingerprint density at radius 2 is 2.00 bits per heavy atom. The zero-order valence-electron chi connectivity index (χ0n) is 9.44. The lowest BCUT2D eigenvalue weighted by Gasteiger charge is -2.10. The third-order valence-corrected chi connectivity index (χ3v) is 4.79. The van der Waals surface area contributed by atoms with Crippen molar-refractivity contribution in [1.29, 1.82) is 0 Å². The molecule has 1 aromatic carbocycles. The SMILES string of the molecule is Cc1ccc(S(=O)(=O)CC2CCCN2)cc1. The third-order valence-electron chi connectivity index (χ3n) is 2.96. The van der Waals surface area contributed by atoms with Crippen LogP contribution in [0.4, 0.5) is 0 Å². The Kier molecular flexibility index (Phi) is 3.30. The second kappa shape index (κ2) is 4.55. The molecule has 0 bridgehead atoms. The summed E-state index contributed by atoms with van der Waals surface area (Å²) in [5.74, 6) is 0.218. The van der Waals surface area contributed by atoms with Crippen molar-refractivity contribution in [1.82, 2.24) is 5.32 Å². The van der Waals surface area contributed by atoms with E-state index < -0.39 is 9.84 Å². The molecule has 1 heterocycles. The van der Waals surface area contributed by atoms with Gasteiger partial charge in [0.2, 0.25) is 0 Å². The van der Waals surface area contributed by atoms with Gasteiger partial charge < -0.3 is 5.32 Å². The van der Waals surface area contributed by atoms with Crippen LogP contribution in [0.2, 0.25) is 0 Å². The summed E-state index contributed by atoms with van der Waals surface area (Å²) in [5, 5.41) is 3.21. The summed E-state index contributed by atoms with van der Waals surface area (Å²) in [6.07, 6.45) is 2.04. The van der Waals surface area contributed by atoms with Gasteiger partial charge in [-0.05, 0) is 38.4 Å². The number of benzene rings is 1. The van der Waals surface area contributed by atoms with Gasteiger partial charge in [-0.3, -0.25) is 0 Å². The molecule has 1 atom stereocenters. The maximum absolute atomic E-state index is 12.1. The number of hydrogen-bond acceptors (Lipinski definition) is 3. The van der Waals surface area contributed by atoms with Gasteiger partial charge in [-0.25, -0.2) is 8.42 Å². The standard InChI is InChI=1S/C12H17NO2S/c1-10-4-6-12(7-5-10)16(14,15)9-11-3-2-8-13-11/h4-7,11,13H,2-3,8-9H2,1H3. The van der Waals surface area contributed by atoms with Gasteiger partial charge in [0, 0.05) is 6.04 Å². The van der Waals surface area contributed by atoms with Gasteiger partial charge in [-0.1, -0.05) is 17.7 Å². The molecule has 2 rings (SSSR count). The molecule has 1 aromatic rings. The first-order valence-electron chi connectivity index (χ1n) is 5.61. The summed E-state index contributed by atoms with van der Waals surface area (Å²) in [7, 11) is -3.12. The summed E-state index contributed by atoms with van der Waals surface area (Å²) in [6, 6.07) is 7.20. The average Bonchev–Trinajstić information content (AvgIpc) is 2.70. The van der Waals surface area contributed by atoms with Crippen LogP contribution in [-0.4, -0.2) is 26.8 Å². The van der Waals surface area contributed by atoms with E-state index in [-0.39, 0.29) is 11.8 Å². The van der Waals surface area contributed by atoms with E-state index in [2.05, 4.69) is 5.32 Å². The lowest BCUT2D eigenvalue weighted by atomic mass is 10.2. The zero-order chi connectivity index (χ0) is 11.6. The molecule has 0 amide bonds. The van der Waals surface area contributed by atoms with Gasteiger partial charge in [0.15, 0.2) is 9.84 Å². The lowest BCUT2D eigenvalue weighted by Crippen LogP contribution is -2.29. The van der Waals surface area contributed by atoms with E-state index in [4.69, 9.17) is 0 Å². The number of sulfone groups is 1. The van der Waals surface area contributed by atoms with Gasteiger partial charge in [0.25, 0.3) is 0 Å². The first-order chi connectivity index (χ1) is 7.58. The molecule has 0 aromatic heterocycles. The fraction of sp³-hybridized carbons (Fsp3) is 0.500. The minimum Gasteiger partial charge on any atom is -0.313 e. The number of hydrogen-bond donors (Lipinski definition) is 1. The molecule has 1 saturated heterocycles. The Morgan fingerprint density at radius 3 is 2.56 bits per heavy atom. The molecule has 3 nitrogen and oxygen atoms in total. The normalized spacial score (nSPS) is 21.2. The van der Waals surface area contributed by atoms with Crippen LogP contribution in [0.3, 0.4) is 0 Å². The first-order valence-corrected chi connectivity index (χ1v) is 7.26. The van der Waals surface area contributed by atoms with Crippen molar-refractivity contribution in [3.05, 3.63) is 29.8 Å². The first kappa shape index (κ1) is 11.6. The minimum atomic E-state index is -3.12. The zero-order valence-corrected chi connectivity index (χ0v) is 10.3. The smallest absolute Gasteiger partial charge is 0.179 e. The number of rotatable bonds is 3. The predicted octanol–water partition coefficient (Wildman–Crippen LogP) is 1.52. The topological polar surface area (TPSA) is 46.2 Å². The maximum atomic E-state index is 12.1. The minimum absolute atomic E-state index is 0.131. The van der Waals surface area contributed by atoms with E-state index >= 15 is 0 Å². The molecule has 4 heteroatoms. The molecule has 1 fully saturated rings. The van der Waals surface area contributed by atoms with Gasteiger partial charge >= 0.3 is 0 Å². The van der Waals surface area contributed by atoms with E-state index in [1.165, 1.54) is 0 Å². The Balaban J connectivity index is 2.14. The van der Waals surface area contributed by atoms with Crippen molar-refractivity contribution in [2.75, 3.05) is 12.3 Å². The molecule has 0 aliphatic carbocycles. The van der Waals surface area contributed by atoms with Crippen LogP contribution < -0.4 is 5.32 Å². The predicted molar refractivity (Wildman–Crippen MR) is 64.3 cm³/mol. The van der Waals surface area contributed by atoms with Crippen molar-refractivity contribution in [2.24, 2.45) is 0 Å². The van der Waals surface area contributed by atoms with Gasteiger partial charge in [-0.2, -0.15) is 0 Å². The van der Waals surface area contributed by atoms with Crippen molar-refractivity contribution in [3.8, 4) is 0 Å². The van der Waals surface area contributed by atoms with E-state index in [0.29, 0.717) is 4.90 Å². The van der Waals surface area contributed by atoms with Crippen molar-refractivity contribution < 1.29 is 8.42 Å². The molecule has 88 valence electrons. The molecule has 0 saturated carbocycles. The maximum Gasteiger partial charge on any atom is 0.179 e. The molecule has 0 spiro atoms. The monoisotopic (exact) mass is 239 g/mol. The summed E-state index contributed by atoms with van der Waals surface area (Å²) in [6.45, 7) is 2.89. The third kappa shape index (κ3) is 2.62. The van der Waals surface area contributed by atoms with Crippen LogP contribution in [0.5, 0.6) is 0 Å². The second-order valence-electron chi connectivity index (χ2n) is 4.39. The quantitative estimate of drug-likeness (QED) is 0.870. The van der Waals surface area contributed by atoms with E-state index in [9.17, 15) is 8.42 Å². The summed E-state index contributed by atoms with van der Waals surface area (Å²) < 4.78 is 24.1. The van der Waals surface area contributed by atoms with Crippen LogP contribution in [0.1, 0.15) is 18.4 Å². The second-order valence-corrected chi connectivity index (χ2v) is 6.42. The molecule has 1 aliphatic heterocycles. The Labute approximate surface area is 96.8 Å². The Hall–Kier alpha value is -0.870. The average molecular weight is 239 g/mol. The van der Waals surface area contributed by atoms with Crippen LogP contribution in [-0.2, 0) is 9.84 Å². The lowest BCUT2D eigenvalue weighted by molar-refractivity contribution is 0.577. The molecule has 1 aliphatic rings. The highest BCUT2D eigenvalue weighted by Gasteiger charge is 2.23. The van der Waals surface area contributed by atoms with E-state index in [0.717, 1.165) is 24.9 Å². The highest BCUT2D eigenvalue weighted by molar-refractivity contribution is 7.91. The van der Waals surface area contributed by atoms with Crippen LogP contribution in [0.15, 0.2) is 29.2 Å². The molecular weight excluding hydrogens is 222 g/mol. The summed E-state index contributed by atoms with van der Waals surface area (Å²) in [5.41, 5.74) is 1.08. The van der Waals surface area contributed by atoms with E-state index in [1.807, 2.05) is 19.1 Å². The fourth-order valence-corrected chi connectivity index (χ4v) is 3.56. The van der Waals surface area contributed by atoms with E-state index in [1.54, 1.807) is 12.1 Å². The van der Waals surface area contributed by atoms with Crippen LogP contribution >= 0.6 is 0 Å². The highest BCUT2D eigenvalue weighted by atomic mass is 32.2. The van der Waals surface area contributed by atoms with Gasteiger partial charge in [0.05, 0.1) is 10.6 Å². The Bertz CT molecular complexity index is 444. The molecule has 0 radical (unpaired) electrons. The molecule has 1 unspecified atom stereocenters. The molecule has 1 N–H and O–H groups in total. The Morgan fingerprint density at radius 1 is 1.31 bits per heavy atom. The molecule has 16 heavy (non-hydrogen) atoms. The van der Waals surface area contributed by atoms with Gasteiger partial charge in [0.1, 0.15) is 0 Å². The van der Waals surface area contributed by atoms with Crippen LogP contribution in [0, 0.1) is 6.92 Å². The number of nitrogens with one attached hydrogen (secondary N) is 1. The largest absolute Gasteiger partial charge is 0.313 e. The number of aryl methyl sites for hydroxylation is 1. The fourth-order valence-electron chi connectivity index (χ4n) is 2.01.